The van der Waals surface area contributed by atoms with Crippen molar-refractivity contribution >= 4 is 23.5 Å². The first-order valence-corrected chi connectivity index (χ1v) is 8.61. The van der Waals surface area contributed by atoms with E-state index in [4.69, 9.17) is 9.47 Å². The van der Waals surface area contributed by atoms with Crippen LogP contribution in [-0.2, 0) is 6.54 Å². The number of hydrogen-bond acceptors (Lipinski definition) is 4. The molecule has 0 aromatic heterocycles. The lowest BCUT2D eigenvalue weighted by Crippen LogP contribution is -2.28. The summed E-state index contributed by atoms with van der Waals surface area (Å²) >= 11 is 0.626. The number of amides is 2. The molecule has 2 amide bonds. The number of anilines is 1. The van der Waals surface area contributed by atoms with Crippen LogP contribution in [0.15, 0.2) is 47.4 Å². The van der Waals surface area contributed by atoms with Crippen LogP contribution in [0, 0.1) is 0 Å². The average Bonchev–Trinajstić information content (AvgIpc) is 3.06. The Kier molecular flexibility index (Phi) is 5.46. The van der Waals surface area contributed by atoms with Crippen molar-refractivity contribution in [3.05, 3.63) is 48.0 Å². The van der Waals surface area contributed by atoms with Crippen LogP contribution in [0.5, 0.6) is 11.5 Å². The first kappa shape index (κ1) is 18.2. The van der Waals surface area contributed by atoms with Gasteiger partial charge in [0.2, 0.25) is 6.79 Å². The third-order valence-electron chi connectivity index (χ3n) is 3.42. The largest absolute Gasteiger partial charge is 0.454 e. The van der Waals surface area contributed by atoms with E-state index in [9.17, 15) is 18.0 Å². The van der Waals surface area contributed by atoms with Crippen molar-refractivity contribution < 1.29 is 27.4 Å². The maximum Gasteiger partial charge on any atom is 0.398 e. The minimum atomic E-state index is -4.28. The van der Waals surface area contributed by atoms with Gasteiger partial charge in [0.25, 0.3) is 0 Å². The lowest BCUT2D eigenvalue weighted by atomic mass is 10.2. The Hall–Kier alpha value is -2.55. The Morgan fingerprint density at radius 3 is 2.69 bits per heavy atom. The summed E-state index contributed by atoms with van der Waals surface area (Å²) in [5.74, 6) is 0.234. The SMILES string of the molecule is O=C(NCc1ccc2c(c1)OCO2)Nc1ccccc1SCC(F)(F)F. The van der Waals surface area contributed by atoms with Gasteiger partial charge in [-0.3, -0.25) is 0 Å². The third-order valence-corrected chi connectivity index (χ3v) is 4.56. The molecule has 0 spiro atoms. The molecule has 0 radical (unpaired) electrons. The zero-order valence-electron chi connectivity index (χ0n) is 13.4. The molecule has 2 aromatic rings. The van der Waals surface area contributed by atoms with Crippen LogP contribution in [0.25, 0.3) is 0 Å². The predicted molar refractivity (Wildman–Crippen MR) is 91.6 cm³/mol. The highest BCUT2D eigenvalue weighted by molar-refractivity contribution is 7.99. The molecule has 1 heterocycles. The van der Waals surface area contributed by atoms with Crippen molar-refractivity contribution in [2.75, 3.05) is 17.9 Å². The van der Waals surface area contributed by atoms with Crippen LogP contribution >= 0.6 is 11.8 Å². The number of thioether (sulfide) groups is 1. The molecule has 0 saturated carbocycles. The summed E-state index contributed by atoms with van der Waals surface area (Å²) in [5, 5.41) is 5.24. The molecule has 0 saturated heterocycles. The molecule has 3 rings (SSSR count). The third kappa shape index (κ3) is 4.98. The average molecular weight is 384 g/mol. The van der Waals surface area contributed by atoms with Gasteiger partial charge in [-0.2, -0.15) is 13.2 Å². The molecule has 0 fully saturated rings. The Morgan fingerprint density at radius 2 is 1.88 bits per heavy atom. The van der Waals surface area contributed by atoms with Crippen LogP contribution in [-0.4, -0.2) is 24.8 Å². The maximum absolute atomic E-state index is 12.4. The second-order valence-electron chi connectivity index (χ2n) is 5.40. The van der Waals surface area contributed by atoms with Gasteiger partial charge < -0.3 is 20.1 Å². The van der Waals surface area contributed by atoms with Crippen LogP contribution in [0.2, 0.25) is 0 Å². The normalized spacial score (nSPS) is 12.7. The summed E-state index contributed by atoms with van der Waals surface area (Å²) in [7, 11) is 0. The number of urea groups is 1. The number of fused-ring (bicyclic) bond motifs is 1. The van der Waals surface area contributed by atoms with Gasteiger partial charge in [-0.25, -0.2) is 4.79 Å². The van der Waals surface area contributed by atoms with Crippen molar-refractivity contribution in [2.24, 2.45) is 0 Å². The van der Waals surface area contributed by atoms with Gasteiger partial charge in [-0.1, -0.05) is 18.2 Å². The van der Waals surface area contributed by atoms with E-state index in [1.807, 2.05) is 0 Å². The second kappa shape index (κ2) is 7.77. The van der Waals surface area contributed by atoms with Gasteiger partial charge in [-0.05, 0) is 29.8 Å². The quantitative estimate of drug-likeness (QED) is 0.751. The molecule has 9 heteroatoms. The lowest BCUT2D eigenvalue weighted by Gasteiger charge is -2.12. The van der Waals surface area contributed by atoms with Gasteiger partial charge in [0.1, 0.15) is 0 Å². The van der Waals surface area contributed by atoms with Crippen molar-refractivity contribution in [3.63, 3.8) is 0 Å². The monoisotopic (exact) mass is 384 g/mol. The minimum absolute atomic E-state index is 0.166. The fourth-order valence-electron chi connectivity index (χ4n) is 2.26. The molecule has 0 unspecified atom stereocenters. The molecule has 0 bridgehead atoms. The molecule has 2 aromatic carbocycles. The van der Waals surface area contributed by atoms with E-state index in [-0.39, 0.29) is 13.3 Å². The minimum Gasteiger partial charge on any atom is -0.454 e. The summed E-state index contributed by atoms with van der Waals surface area (Å²) in [6, 6.07) is 11.1. The summed E-state index contributed by atoms with van der Waals surface area (Å²) in [5.41, 5.74) is 1.13. The highest BCUT2D eigenvalue weighted by atomic mass is 32.2. The number of hydrogen-bond donors (Lipinski definition) is 2. The zero-order valence-corrected chi connectivity index (χ0v) is 14.2. The van der Waals surface area contributed by atoms with Gasteiger partial charge in [0.15, 0.2) is 11.5 Å². The molecule has 138 valence electrons. The van der Waals surface area contributed by atoms with Crippen molar-refractivity contribution in [2.45, 2.75) is 17.6 Å². The molecular weight excluding hydrogens is 369 g/mol. The number of halogens is 3. The number of para-hydroxylation sites is 1. The van der Waals surface area contributed by atoms with Crippen molar-refractivity contribution in [1.29, 1.82) is 0 Å². The van der Waals surface area contributed by atoms with Crippen LogP contribution in [0.3, 0.4) is 0 Å². The molecular formula is C17H15F3N2O3S. The Labute approximate surface area is 151 Å². The Bertz CT molecular complexity index is 799. The number of alkyl halides is 3. The number of nitrogens with one attached hydrogen (secondary N) is 2. The van der Waals surface area contributed by atoms with E-state index in [1.165, 1.54) is 6.07 Å². The van der Waals surface area contributed by atoms with Crippen LogP contribution in [0.4, 0.5) is 23.7 Å². The van der Waals surface area contributed by atoms with E-state index in [1.54, 1.807) is 36.4 Å². The Balaban J connectivity index is 1.56. The summed E-state index contributed by atoms with van der Waals surface area (Å²) in [6.45, 7) is 0.402. The van der Waals surface area contributed by atoms with E-state index in [0.717, 1.165) is 5.56 Å². The van der Waals surface area contributed by atoms with Crippen molar-refractivity contribution in [3.8, 4) is 11.5 Å². The van der Waals surface area contributed by atoms with E-state index in [2.05, 4.69) is 10.6 Å². The number of carbonyl (C=O) groups is 1. The summed E-state index contributed by atoms with van der Waals surface area (Å²) in [4.78, 5) is 12.4. The van der Waals surface area contributed by atoms with Gasteiger partial charge >= 0.3 is 12.2 Å². The lowest BCUT2D eigenvalue weighted by molar-refractivity contribution is -0.105. The van der Waals surface area contributed by atoms with Gasteiger partial charge in [-0.15, -0.1) is 11.8 Å². The summed E-state index contributed by atoms with van der Waals surface area (Å²) < 4.78 is 47.7. The van der Waals surface area contributed by atoms with E-state index in [0.29, 0.717) is 33.8 Å². The molecule has 5 nitrogen and oxygen atoms in total. The topological polar surface area (TPSA) is 59.6 Å². The van der Waals surface area contributed by atoms with Crippen LogP contribution in [0.1, 0.15) is 5.56 Å². The fraction of sp³-hybridized carbons (Fsp3) is 0.235. The van der Waals surface area contributed by atoms with E-state index >= 15 is 0 Å². The first-order chi connectivity index (χ1) is 12.4. The maximum atomic E-state index is 12.4. The van der Waals surface area contributed by atoms with Crippen molar-refractivity contribution in [1.82, 2.24) is 5.32 Å². The molecule has 1 aliphatic rings. The number of ether oxygens (including phenoxy) is 2. The second-order valence-corrected chi connectivity index (χ2v) is 6.41. The summed E-state index contributed by atoms with van der Waals surface area (Å²) in [6.07, 6.45) is -4.28. The number of rotatable bonds is 5. The first-order valence-electron chi connectivity index (χ1n) is 7.63. The molecule has 1 aliphatic heterocycles. The van der Waals surface area contributed by atoms with Crippen LogP contribution < -0.4 is 20.1 Å². The molecule has 0 atom stereocenters. The molecule has 26 heavy (non-hydrogen) atoms. The van der Waals surface area contributed by atoms with Gasteiger partial charge in [0, 0.05) is 11.4 Å². The molecule has 0 aliphatic carbocycles. The zero-order chi connectivity index (χ0) is 18.6. The smallest absolute Gasteiger partial charge is 0.398 e. The number of carbonyl (C=O) groups excluding carboxylic acids is 1. The molecule has 2 N–H and O–H groups in total. The Morgan fingerprint density at radius 1 is 1.12 bits per heavy atom. The van der Waals surface area contributed by atoms with Gasteiger partial charge in [0.05, 0.1) is 11.4 Å². The standard InChI is InChI=1S/C17H15F3N2O3S/c18-17(19,20)9-26-15-4-2-1-3-12(15)22-16(23)21-8-11-5-6-13-14(7-11)25-10-24-13/h1-7H,8-10H2,(H2,21,22,23). The fourth-order valence-corrected chi connectivity index (χ4v) is 3.02. The van der Waals surface area contributed by atoms with E-state index < -0.39 is 18.0 Å². The highest BCUT2D eigenvalue weighted by Crippen LogP contribution is 2.33. The highest BCUT2D eigenvalue weighted by Gasteiger charge is 2.27. The predicted octanol–water partition coefficient (Wildman–Crippen LogP) is 4.39. The number of benzene rings is 2.